The molecule has 3 heterocycles. The molecule has 5 rings (SSSR count). The summed E-state index contributed by atoms with van der Waals surface area (Å²) in [7, 11) is 0. The quantitative estimate of drug-likeness (QED) is 0.238. The van der Waals surface area contributed by atoms with E-state index >= 15 is 0 Å². The number of fused-ring (bicyclic) bond motifs is 1. The van der Waals surface area contributed by atoms with Crippen molar-refractivity contribution in [2.24, 2.45) is 0 Å². The molecular formula is C24H16IrN2S-2. The molecule has 5 aromatic rings. The van der Waals surface area contributed by atoms with Crippen LogP contribution in [0.25, 0.3) is 32.6 Å². The summed E-state index contributed by atoms with van der Waals surface area (Å²) in [6, 6.07) is 32.1. The Balaban J connectivity index is 0.000000159. The van der Waals surface area contributed by atoms with Crippen LogP contribution in [0.1, 0.15) is 0 Å². The molecule has 2 nitrogen and oxygen atoms in total. The second-order valence-corrected chi connectivity index (χ2v) is 6.71. The van der Waals surface area contributed by atoms with E-state index in [2.05, 4.69) is 33.5 Å². The van der Waals surface area contributed by atoms with Gasteiger partial charge in [0.25, 0.3) is 0 Å². The molecule has 0 bridgehead atoms. The molecule has 0 amide bonds. The van der Waals surface area contributed by atoms with Crippen molar-refractivity contribution in [1.82, 2.24) is 9.97 Å². The Kier molecular flexibility index (Phi) is 7.21. The number of pyridine rings is 2. The van der Waals surface area contributed by atoms with Crippen LogP contribution in [-0.4, -0.2) is 9.97 Å². The fraction of sp³-hybridized carbons (Fsp3) is 0. The maximum Gasteiger partial charge on any atom is 0.0286 e. The maximum absolute atomic E-state index is 4.42. The second kappa shape index (κ2) is 10.0. The molecule has 4 heteroatoms. The van der Waals surface area contributed by atoms with E-state index in [1.807, 2.05) is 79.0 Å². The summed E-state index contributed by atoms with van der Waals surface area (Å²) in [6.07, 6.45) is 3.64. The number of rotatable bonds is 2. The Bertz CT molecular complexity index is 1070. The molecule has 0 atom stereocenters. The van der Waals surface area contributed by atoms with Gasteiger partial charge in [-0.1, -0.05) is 18.2 Å². The minimum atomic E-state index is 0. The van der Waals surface area contributed by atoms with Crippen LogP contribution >= 0.6 is 11.3 Å². The van der Waals surface area contributed by atoms with Gasteiger partial charge in [0.2, 0.25) is 0 Å². The summed E-state index contributed by atoms with van der Waals surface area (Å²) in [6.45, 7) is 0. The molecular weight excluding hydrogens is 541 g/mol. The SMILES string of the molecule is [Ir].[c-]1ccccc1-c1ccccn1.[c-]1ccccc1-c1nccc2sccc12. The van der Waals surface area contributed by atoms with Crippen LogP contribution in [0, 0.1) is 12.1 Å². The molecule has 0 aliphatic rings. The number of hydrogen-bond donors (Lipinski definition) is 0. The molecule has 0 aliphatic heterocycles. The molecule has 0 N–H and O–H groups in total. The van der Waals surface area contributed by atoms with Crippen molar-refractivity contribution in [1.29, 1.82) is 0 Å². The van der Waals surface area contributed by atoms with Crippen molar-refractivity contribution in [3.05, 3.63) is 109 Å². The van der Waals surface area contributed by atoms with Crippen LogP contribution in [0.15, 0.2) is 96.6 Å². The second-order valence-electron chi connectivity index (χ2n) is 5.76. The summed E-state index contributed by atoms with van der Waals surface area (Å²) < 4.78 is 1.28. The van der Waals surface area contributed by atoms with Crippen LogP contribution in [0.5, 0.6) is 0 Å². The fourth-order valence-electron chi connectivity index (χ4n) is 2.72. The molecule has 0 saturated heterocycles. The van der Waals surface area contributed by atoms with E-state index in [9.17, 15) is 0 Å². The van der Waals surface area contributed by atoms with Gasteiger partial charge in [-0.25, -0.2) is 0 Å². The molecule has 0 aliphatic carbocycles. The Hall–Kier alpha value is -2.65. The van der Waals surface area contributed by atoms with Crippen molar-refractivity contribution < 1.29 is 20.1 Å². The number of nitrogens with zero attached hydrogens (tertiary/aromatic N) is 2. The van der Waals surface area contributed by atoms with Crippen LogP contribution in [0.2, 0.25) is 0 Å². The minimum Gasteiger partial charge on any atom is -0.305 e. The molecule has 28 heavy (non-hydrogen) atoms. The van der Waals surface area contributed by atoms with Crippen molar-refractivity contribution in [2.75, 3.05) is 0 Å². The van der Waals surface area contributed by atoms with Gasteiger partial charge in [-0.3, -0.25) is 0 Å². The van der Waals surface area contributed by atoms with E-state index < -0.39 is 0 Å². The third kappa shape index (κ3) is 4.79. The summed E-state index contributed by atoms with van der Waals surface area (Å²) >= 11 is 1.74. The number of thiophene rings is 1. The predicted octanol–water partition coefficient (Wildman–Crippen LogP) is 6.31. The molecule has 2 aromatic carbocycles. The van der Waals surface area contributed by atoms with Gasteiger partial charge in [-0.05, 0) is 34.3 Å². The topological polar surface area (TPSA) is 25.8 Å². The normalized spacial score (nSPS) is 9.86. The Morgan fingerprint density at radius 2 is 1.43 bits per heavy atom. The molecule has 0 unspecified atom stereocenters. The van der Waals surface area contributed by atoms with E-state index in [1.54, 1.807) is 17.5 Å². The summed E-state index contributed by atoms with van der Waals surface area (Å²) in [5.74, 6) is 0. The number of aromatic nitrogens is 2. The Morgan fingerprint density at radius 1 is 0.679 bits per heavy atom. The van der Waals surface area contributed by atoms with Crippen LogP contribution < -0.4 is 0 Å². The molecule has 0 saturated carbocycles. The smallest absolute Gasteiger partial charge is 0.0286 e. The van der Waals surface area contributed by atoms with Crippen molar-refractivity contribution in [2.45, 2.75) is 0 Å². The number of benzene rings is 2. The van der Waals surface area contributed by atoms with Crippen molar-refractivity contribution >= 4 is 21.4 Å². The van der Waals surface area contributed by atoms with Gasteiger partial charge in [-0.2, -0.15) is 0 Å². The minimum absolute atomic E-state index is 0. The first-order valence-corrected chi connectivity index (χ1v) is 9.47. The van der Waals surface area contributed by atoms with E-state index in [1.165, 1.54) is 10.1 Å². The maximum atomic E-state index is 4.42. The van der Waals surface area contributed by atoms with Crippen molar-refractivity contribution in [3.63, 3.8) is 0 Å². The van der Waals surface area contributed by atoms with Gasteiger partial charge in [0.15, 0.2) is 0 Å². The largest absolute Gasteiger partial charge is 0.305 e. The van der Waals surface area contributed by atoms with Gasteiger partial charge in [0.05, 0.1) is 0 Å². The van der Waals surface area contributed by atoms with Gasteiger partial charge >= 0.3 is 0 Å². The fourth-order valence-corrected chi connectivity index (χ4v) is 3.51. The average molecular weight is 557 g/mol. The molecule has 0 fully saturated rings. The van der Waals surface area contributed by atoms with Gasteiger partial charge < -0.3 is 9.97 Å². The zero-order chi connectivity index (χ0) is 18.3. The van der Waals surface area contributed by atoms with E-state index in [-0.39, 0.29) is 20.1 Å². The summed E-state index contributed by atoms with van der Waals surface area (Å²) in [4.78, 5) is 8.64. The van der Waals surface area contributed by atoms with Crippen LogP contribution in [0.4, 0.5) is 0 Å². The molecule has 1 radical (unpaired) electrons. The standard InChI is InChI=1S/C13H8NS.C11H8N.Ir/c1-2-4-10(5-3-1)13-11-7-9-15-12(11)6-8-14-13;1-2-6-10(7-3-1)11-8-4-5-9-12-11;/h1-4,6-9H;1-6,8-9H;/q2*-1;. The third-order valence-corrected chi connectivity index (χ3v) is 4.88. The first-order chi connectivity index (χ1) is 13.4. The zero-order valence-corrected chi connectivity index (χ0v) is 18.1. The van der Waals surface area contributed by atoms with Crippen molar-refractivity contribution in [3.8, 4) is 22.5 Å². The molecule has 0 spiro atoms. The monoisotopic (exact) mass is 557 g/mol. The average Bonchev–Trinajstić information content (AvgIpc) is 3.25. The van der Waals surface area contributed by atoms with Gasteiger partial charge in [-0.15, -0.1) is 83.1 Å². The van der Waals surface area contributed by atoms with E-state index in [0.717, 1.165) is 22.5 Å². The number of hydrogen-bond acceptors (Lipinski definition) is 3. The summed E-state index contributed by atoms with van der Waals surface area (Å²) in [5.41, 5.74) is 4.09. The van der Waals surface area contributed by atoms with Gasteiger partial charge in [0, 0.05) is 37.2 Å². The Morgan fingerprint density at radius 3 is 2.11 bits per heavy atom. The van der Waals surface area contributed by atoms with E-state index in [0.29, 0.717) is 0 Å². The van der Waals surface area contributed by atoms with Gasteiger partial charge in [0.1, 0.15) is 0 Å². The Labute approximate surface area is 182 Å². The molecule has 139 valence electrons. The van der Waals surface area contributed by atoms with E-state index in [4.69, 9.17) is 0 Å². The third-order valence-electron chi connectivity index (χ3n) is 3.99. The predicted molar refractivity (Wildman–Crippen MR) is 112 cm³/mol. The van der Waals surface area contributed by atoms with Crippen LogP contribution in [-0.2, 0) is 20.1 Å². The van der Waals surface area contributed by atoms with Crippen LogP contribution in [0.3, 0.4) is 0 Å². The first kappa shape index (κ1) is 20.1. The first-order valence-electron chi connectivity index (χ1n) is 8.59. The summed E-state index contributed by atoms with van der Waals surface area (Å²) in [5, 5.41) is 3.31. The zero-order valence-electron chi connectivity index (χ0n) is 14.9. The molecule has 3 aromatic heterocycles.